The van der Waals surface area contributed by atoms with Gasteiger partial charge >= 0.3 is 0 Å². The molecular formula is C21H21ClN4O. The molecule has 1 aromatic heterocycles. The lowest BCUT2D eigenvalue weighted by Gasteiger charge is -2.17. The highest BCUT2D eigenvalue weighted by Gasteiger charge is 2.15. The van der Waals surface area contributed by atoms with Crippen molar-refractivity contribution < 1.29 is 4.79 Å². The Morgan fingerprint density at radius 1 is 1.15 bits per heavy atom. The van der Waals surface area contributed by atoms with Crippen molar-refractivity contribution in [3.63, 3.8) is 0 Å². The summed E-state index contributed by atoms with van der Waals surface area (Å²) in [6, 6.07) is 15.3. The van der Waals surface area contributed by atoms with E-state index in [0.29, 0.717) is 23.2 Å². The van der Waals surface area contributed by atoms with E-state index in [-0.39, 0.29) is 5.91 Å². The van der Waals surface area contributed by atoms with E-state index in [9.17, 15) is 4.79 Å². The molecule has 138 valence electrons. The van der Waals surface area contributed by atoms with E-state index in [4.69, 9.17) is 11.6 Å². The number of anilines is 2. The van der Waals surface area contributed by atoms with Crippen LogP contribution in [0.4, 0.5) is 11.6 Å². The minimum absolute atomic E-state index is 0.170. The van der Waals surface area contributed by atoms with Gasteiger partial charge in [0.2, 0.25) is 5.95 Å². The molecule has 2 aromatic carbocycles. The van der Waals surface area contributed by atoms with E-state index in [2.05, 4.69) is 15.3 Å². The van der Waals surface area contributed by atoms with Gasteiger partial charge in [0.25, 0.3) is 5.91 Å². The molecule has 0 aliphatic heterocycles. The predicted octanol–water partition coefficient (Wildman–Crippen LogP) is 4.76. The molecule has 6 heteroatoms. The van der Waals surface area contributed by atoms with Crippen LogP contribution >= 0.6 is 11.6 Å². The average Bonchev–Trinajstić information content (AvgIpc) is 2.65. The molecule has 3 rings (SSSR count). The Labute approximate surface area is 164 Å². The first-order valence-electron chi connectivity index (χ1n) is 8.60. The average molecular weight is 381 g/mol. The number of nitrogens with zero attached hydrogens (tertiary/aromatic N) is 3. The van der Waals surface area contributed by atoms with Crippen molar-refractivity contribution in [2.45, 2.75) is 20.4 Å². The van der Waals surface area contributed by atoms with Crippen LogP contribution in [0.25, 0.3) is 0 Å². The molecule has 0 unspecified atom stereocenters. The first-order valence-corrected chi connectivity index (χ1v) is 8.98. The predicted molar refractivity (Wildman–Crippen MR) is 108 cm³/mol. The van der Waals surface area contributed by atoms with E-state index in [0.717, 1.165) is 22.4 Å². The second-order valence-electron chi connectivity index (χ2n) is 6.48. The van der Waals surface area contributed by atoms with Gasteiger partial charge in [0, 0.05) is 19.8 Å². The molecule has 0 saturated carbocycles. The molecule has 0 saturated heterocycles. The number of nitrogens with one attached hydrogen (secondary N) is 1. The lowest BCUT2D eigenvalue weighted by molar-refractivity contribution is 0.0779. The van der Waals surface area contributed by atoms with Crippen LogP contribution in [0.5, 0.6) is 0 Å². The van der Waals surface area contributed by atoms with Crippen LogP contribution in [0.15, 0.2) is 54.7 Å². The summed E-state index contributed by atoms with van der Waals surface area (Å²) in [5, 5.41) is 3.72. The summed E-state index contributed by atoms with van der Waals surface area (Å²) in [5.41, 5.74) is 4.19. The molecule has 1 amide bonds. The Morgan fingerprint density at radius 2 is 1.89 bits per heavy atom. The van der Waals surface area contributed by atoms with Gasteiger partial charge in [-0.05, 0) is 42.7 Å². The number of hydrogen-bond donors (Lipinski definition) is 1. The third-order valence-electron chi connectivity index (χ3n) is 4.15. The molecule has 0 spiro atoms. The fraction of sp³-hybridized carbons (Fsp3) is 0.190. The molecule has 27 heavy (non-hydrogen) atoms. The van der Waals surface area contributed by atoms with Crippen molar-refractivity contribution in [2.75, 3.05) is 12.4 Å². The Kier molecular flexibility index (Phi) is 5.72. The zero-order chi connectivity index (χ0) is 19.4. The van der Waals surface area contributed by atoms with E-state index >= 15 is 0 Å². The maximum Gasteiger partial charge on any atom is 0.272 e. The van der Waals surface area contributed by atoms with Gasteiger partial charge in [0.15, 0.2) is 0 Å². The van der Waals surface area contributed by atoms with Gasteiger partial charge in [-0.3, -0.25) is 4.79 Å². The molecule has 0 radical (unpaired) electrons. The Morgan fingerprint density at radius 3 is 2.59 bits per heavy atom. The molecule has 0 bridgehead atoms. The fourth-order valence-electron chi connectivity index (χ4n) is 2.85. The number of halogens is 1. The third-order valence-corrected chi connectivity index (χ3v) is 4.45. The number of hydrogen-bond acceptors (Lipinski definition) is 4. The summed E-state index contributed by atoms with van der Waals surface area (Å²) >= 11 is 6.33. The zero-order valence-electron chi connectivity index (χ0n) is 15.5. The minimum Gasteiger partial charge on any atom is -0.336 e. The van der Waals surface area contributed by atoms with Crippen LogP contribution in [0.3, 0.4) is 0 Å². The van der Waals surface area contributed by atoms with Crippen molar-refractivity contribution >= 4 is 29.1 Å². The van der Waals surface area contributed by atoms with Gasteiger partial charge in [-0.25, -0.2) is 9.97 Å². The van der Waals surface area contributed by atoms with Gasteiger partial charge in [-0.2, -0.15) is 0 Å². The summed E-state index contributed by atoms with van der Waals surface area (Å²) in [7, 11) is 1.76. The summed E-state index contributed by atoms with van der Waals surface area (Å²) in [6.45, 7) is 4.46. The third kappa shape index (κ3) is 4.63. The minimum atomic E-state index is -0.170. The first kappa shape index (κ1) is 18.9. The Bertz CT molecular complexity index is 936. The van der Waals surface area contributed by atoms with Crippen LogP contribution in [0.1, 0.15) is 27.2 Å². The van der Waals surface area contributed by atoms with Crippen molar-refractivity contribution in [3.8, 4) is 0 Å². The van der Waals surface area contributed by atoms with Crippen molar-refractivity contribution in [1.82, 2.24) is 14.9 Å². The van der Waals surface area contributed by atoms with Gasteiger partial charge in [0.05, 0.1) is 10.7 Å². The standard InChI is InChI=1S/C21H21ClN4O/c1-14-11-15(2)19(17(22)12-14)25-21-23-10-9-18(24-21)20(27)26(3)13-16-7-5-4-6-8-16/h4-12H,13H2,1-3H3,(H,23,24,25). The zero-order valence-corrected chi connectivity index (χ0v) is 16.3. The van der Waals surface area contributed by atoms with Crippen molar-refractivity contribution in [2.24, 2.45) is 0 Å². The van der Waals surface area contributed by atoms with Crippen LogP contribution in [0, 0.1) is 13.8 Å². The number of aromatic nitrogens is 2. The summed E-state index contributed by atoms with van der Waals surface area (Å²) < 4.78 is 0. The number of aryl methyl sites for hydroxylation is 2. The molecular weight excluding hydrogens is 360 g/mol. The quantitative estimate of drug-likeness (QED) is 0.693. The SMILES string of the molecule is Cc1cc(C)c(Nc2nccc(C(=O)N(C)Cc3ccccc3)n2)c(Cl)c1. The molecule has 5 nitrogen and oxygen atoms in total. The number of benzene rings is 2. The van der Waals surface area contributed by atoms with Crippen LogP contribution in [-0.2, 0) is 6.54 Å². The van der Waals surface area contributed by atoms with Gasteiger partial charge in [0.1, 0.15) is 5.69 Å². The lowest BCUT2D eigenvalue weighted by Crippen LogP contribution is -2.27. The Hall–Kier alpha value is -2.92. The molecule has 3 aromatic rings. The maximum atomic E-state index is 12.7. The Balaban J connectivity index is 1.78. The lowest BCUT2D eigenvalue weighted by atomic mass is 10.1. The second-order valence-corrected chi connectivity index (χ2v) is 6.88. The highest BCUT2D eigenvalue weighted by atomic mass is 35.5. The molecule has 0 atom stereocenters. The molecule has 1 N–H and O–H groups in total. The topological polar surface area (TPSA) is 58.1 Å². The highest BCUT2D eigenvalue weighted by Crippen LogP contribution is 2.29. The van der Waals surface area contributed by atoms with Gasteiger partial charge in [-0.15, -0.1) is 0 Å². The van der Waals surface area contributed by atoms with Crippen LogP contribution < -0.4 is 5.32 Å². The number of carbonyl (C=O) groups excluding carboxylic acids is 1. The summed E-state index contributed by atoms with van der Waals surface area (Å²) in [5.74, 6) is 0.166. The summed E-state index contributed by atoms with van der Waals surface area (Å²) in [4.78, 5) is 22.9. The maximum absolute atomic E-state index is 12.7. The first-order chi connectivity index (χ1) is 12.9. The number of carbonyl (C=O) groups is 1. The van der Waals surface area contributed by atoms with Gasteiger partial charge < -0.3 is 10.2 Å². The van der Waals surface area contributed by atoms with E-state index < -0.39 is 0 Å². The molecule has 1 heterocycles. The van der Waals surface area contributed by atoms with E-state index in [1.165, 1.54) is 0 Å². The fourth-order valence-corrected chi connectivity index (χ4v) is 3.22. The summed E-state index contributed by atoms with van der Waals surface area (Å²) in [6.07, 6.45) is 1.57. The van der Waals surface area contributed by atoms with Crippen LogP contribution in [0.2, 0.25) is 5.02 Å². The number of rotatable bonds is 5. The normalized spacial score (nSPS) is 10.5. The largest absolute Gasteiger partial charge is 0.336 e. The molecule has 0 aliphatic rings. The monoisotopic (exact) mass is 380 g/mol. The highest BCUT2D eigenvalue weighted by molar-refractivity contribution is 6.33. The number of amides is 1. The van der Waals surface area contributed by atoms with E-state index in [1.54, 1.807) is 24.2 Å². The molecule has 0 aliphatic carbocycles. The second kappa shape index (κ2) is 8.18. The van der Waals surface area contributed by atoms with Crippen LogP contribution in [-0.4, -0.2) is 27.8 Å². The van der Waals surface area contributed by atoms with E-state index in [1.807, 2.05) is 56.3 Å². The smallest absolute Gasteiger partial charge is 0.272 e. The van der Waals surface area contributed by atoms with Crippen molar-refractivity contribution in [1.29, 1.82) is 0 Å². The molecule has 0 fully saturated rings. The van der Waals surface area contributed by atoms with Gasteiger partial charge in [-0.1, -0.05) is 48.0 Å². The van der Waals surface area contributed by atoms with Crippen molar-refractivity contribution in [3.05, 3.63) is 82.1 Å².